The summed E-state index contributed by atoms with van der Waals surface area (Å²) in [5.41, 5.74) is -0.818. The second-order valence-corrected chi connectivity index (χ2v) is 3.98. The maximum Gasteiger partial charge on any atom is 0.267 e. The highest BCUT2D eigenvalue weighted by Gasteiger charge is 2.23. The van der Waals surface area contributed by atoms with Gasteiger partial charge in [0.2, 0.25) is 0 Å². The van der Waals surface area contributed by atoms with Crippen LogP contribution in [-0.4, -0.2) is 28.6 Å². The summed E-state index contributed by atoms with van der Waals surface area (Å²) >= 11 is 5.55. The molecule has 0 bridgehead atoms. The Morgan fingerprint density at radius 3 is 2.78 bits per heavy atom. The standard InChI is InChI=1S/C11H13ClF2N2O2/c1-2-6(5-17)16-11(18)7-3-4-15-9(12)8(7)10(13)14/h3-4,6,10,17H,2,5H2,1H3,(H,16,18)/t6-/m0/s1. The van der Waals surface area contributed by atoms with Gasteiger partial charge in [-0.2, -0.15) is 0 Å². The van der Waals surface area contributed by atoms with Gasteiger partial charge in [0.25, 0.3) is 12.3 Å². The third kappa shape index (κ3) is 3.36. The normalized spacial score (nSPS) is 12.6. The highest BCUT2D eigenvalue weighted by molar-refractivity contribution is 6.30. The first-order valence-corrected chi connectivity index (χ1v) is 5.73. The lowest BCUT2D eigenvalue weighted by molar-refractivity contribution is 0.0901. The summed E-state index contributed by atoms with van der Waals surface area (Å²) in [7, 11) is 0. The van der Waals surface area contributed by atoms with Gasteiger partial charge in [-0.1, -0.05) is 18.5 Å². The van der Waals surface area contributed by atoms with E-state index in [-0.39, 0.29) is 12.2 Å². The number of aliphatic hydroxyl groups is 1. The van der Waals surface area contributed by atoms with E-state index in [1.165, 1.54) is 12.3 Å². The number of alkyl halides is 2. The van der Waals surface area contributed by atoms with E-state index in [1.807, 2.05) is 0 Å². The van der Waals surface area contributed by atoms with Crippen molar-refractivity contribution in [2.75, 3.05) is 6.61 Å². The molecule has 0 aliphatic rings. The number of amides is 1. The number of rotatable bonds is 5. The zero-order valence-electron chi connectivity index (χ0n) is 9.66. The minimum Gasteiger partial charge on any atom is -0.394 e. The average Bonchev–Trinajstić information content (AvgIpc) is 2.34. The Bertz CT molecular complexity index is 426. The molecule has 1 heterocycles. The molecule has 1 aromatic rings. The van der Waals surface area contributed by atoms with Crippen molar-refractivity contribution in [3.63, 3.8) is 0 Å². The lowest BCUT2D eigenvalue weighted by Gasteiger charge is -2.16. The number of nitrogens with zero attached hydrogens (tertiary/aromatic N) is 1. The molecule has 1 rings (SSSR count). The molecule has 7 heteroatoms. The van der Waals surface area contributed by atoms with Crippen LogP contribution in [0, 0.1) is 0 Å². The van der Waals surface area contributed by atoms with Gasteiger partial charge in [-0.15, -0.1) is 0 Å². The van der Waals surface area contributed by atoms with Crippen molar-refractivity contribution < 1.29 is 18.7 Å². The van der Waals surface area contributed by atoms with Crippen molar-refractivity contribution >= 4 is 17.5 Å². The number of hydrogen-bond donors (Lipinski definition) is 2. The quantitative estimate of drug-likeness (QED) is 0.812. The Morgan fingerprint density at radius 2 is 2.28 bits per heavy atom. The summed E-state index contributed by atoms with van der Waals surface area (Å²) in [6.07, 6.45) is -1.21. The molecular formula is C11H13ClF2N2O2. The largest absolute Gasteiger partial charge is 0.394 e. The average molecular weight is 279 g/mol. The highest BCUT2D eigenvalue weighted by Crippen LogP contribution is 2.28. The second kappa shape index (κ2) is 6.61. The van der Waals surface area contributed by atoms with E-state index in [4.69, 9.17) is 16.7 Å². The summed E-state index contributed by atoms with van der Waals surface area (Å²) in [4.78, 5) is 15.3. The summed E-state index contributed by atoms with van der Waals surface area (Å²) in [6.45, 7) is 1.50. The Hall–Kier alpha value is -1.27. The topological polar surface area (TPSA) is 62.2 Å². The van der Waals surface area contributed by atoms with Crippen LogP contribution in [0.2, 0.25) is 5.15 Å². The van der Waals surface area contributed by atoms with Gasteiger partial charge in [0.1, 0.15) is 5.15 Å². The third-order valence-electron chi connectivity index (χ3n) is 2.45. The first-order valence-electron chi connectivity index (χ1n) is 5.35. The molecule has 2 N–H and O–H groups in total. The molecule has 0 aliphatic heterocycles. The van der Waals surface area contributed by atoms with Crippen LogP contribution in [-0.2, 0) is 0 Å². The van der Waals surface area contributed by atoms with Crippen molar-refractivity contribution in [2.24, 2.45) is 0 Å². The molecule has 0 radical (unpaired) electrons. The molecule has 0 aromatic carbocycles. The zero-order valence-corrected chi connectivity index (χ0v) is 10.4. The van der Waals surface area contributed by atoms with Gasteiger partial charge in [0.15, 0.2) is 0 Å². The van der Waals surface area contributed by atoms with E-state index in [1.54, 1.807) is 6.92 Å². The lowest BCUT2D eigenvalue weighted by Crippen LogP contribution is -2.37. The van der Waals surface area contributed by atoms with Gasteiger partial charge >= 0.3 is 0 Å². The monoisotopic (exact) mass is 278 g/mol. The summed E-state index contributed by atoms with van der Waals surface area (Å²) < 4.78 is 25.6. The molecule has 0 spiro atoms. The van der Waals surface area contributed by atoms with Crippen molar-refractivity contribution in [3.05, 3.63) is 28.5 Å². The number of nitrogens with one attached hydrogen (secondary N) is 1. The molecule has 0 saturated carbocycles. The van der Waals surface area contributed by atoms with Crippen molar-refractivity contribution in [3.8, 4) is 0 Å². The van der Waals surface area contributed by atoms with Gasteiger partial charge in [-0.05, 0) is 12.5 Å². The lowest BCUT2D eigenvalue weighted by atomic mass is 10.1. The second-order valence-electron chi connectivity index (χ2n) is 3.62. The number of hydrogen-bond acceptors (Lipinski definition) is 3. The minimum atomic E-state index is -2.89. The predicted octanol–water partition coefficient (Wildman–Crippen LogP) is 2.17. The Morgan fingerprint density at radius 1 is 1.61 bits per heavy atom. The van der Waals surface area contributed by atoms with Crippen LogP contribution >= 0.6 is 11.6 Å². The van der Waals surface area contributed by atoms with Crippen LogP contribution in [0.25, 0.3) is 0 Å². The number of aliphatic hydroxyl groups excluding tert-OH is 1. The first kappa shape index (κ1) is 14.8. The molecule has 0 saturated heterocycles. The SMILES string of the molecule is CC[C@@H](CO)NC(=O)c1ccnc(Cl)c1C(F)F. The molecular weight excluding hydrogens is 266 g/mol. The van der Waals surface area contributed by atoms with Crippen LogP contribution < -0.4 is 5.32 Å². The molecule has 18 heavy (non-hydrogen) atoms. The van der Waals surface area contributed by atoms with Crippen molar-refractivity contribution in [1.29, 1.82) is 0 Å². The number of aromatic nitrogens is 1. The molecule has 100 valence electrons. The van der Waals surface area contributed by atoms with Crippen molar-refractivity contribution in [1.82, 2.24) is 10.3 Å². The van der Waals surface area contributed by atoms with E-state index < -0.39 is 29.1 Å². The summed E-state index contributed by atoms with van der Waals surface area (Å²) in [5, 5.41) is 11.0. The van der Waals surface area contributed by atoms with Crippen LogP contribution in [0.4, 0.5) is 8.78 Å². The van der Waals surface area contributed by atoms with Crippen LogP contribution in [0.3, 0.4) is 0 Å². The van der Waals surface area contributed by atoms with Crippen LogP contribution in [0.1, 0.15) is 35.7 Å². The van der Waals surface area contributed by atoms with Gasteiger partial charge < -0.3 is 10.4 Å². The fourth-order valence-electron chi connectivity index (χ4n) is 1.39. The number of pyridine rings is 1. The Balaban J connectivity index is 3.02. The number of halogens is 3. The first-order chi connectivity index (χ1) is 8.51. The van der Waals surface area contributed by atoms with Crippen LogP contribution in [0.5, 0.6) is 0 Å². The van der Waals surface area contributed by atoms with Crippen LogP contribution in [0.15, 0.2) is 12.3 Å². The van der Waals surface area contributed by atoms with Gasteiger partial charge in [-0.25, -0.2) is 13.8 Å². The summed E-state index contributed by atoms with van der Waals surface area (Å²) in [6, 6.07) is 0.697. The third-order valence-corrected chi connectivity index (χ3v) is 2.75. The molecule has 1 aromatic heterocycles. The minimum absolute atomic E-state index is 0.225. The molecule has 0 unspecified atom stereocenters. The van der Waals surface area contributed by atoms with E-state index in [2.05, 4.69) is 10.3 Å². The van der Waals surface area contributed by atoms with E-state index in [0.717, 1.165) is 0 Å². The fourth-order valence-corrected chi connectivity index (χ4v) is 1.63. The number of carbonyl (C=O) groups excluding carboxylic acids is 1. The maximum absolute atomic E-state index is 12.8. The highest BCUT2D eigenvalue weighted by atomic mass is 35.5. The maximum atomic E-state index is 12.8. The molecule has 1 atom stereocenters. The van der Waals surface area contributed by atoms with Crippen molar-refractivity contribution in [2.45, 2.75) is 25.8 Å². The zero-order chi connectivity index (χ0) is 13.7. The molecule has 1 amide bonds. The van der Waals surface area contributed by atoms with E-state index in [9.17, 15) is 13.6 Å². The van der Waals surface area contributed by atoms with Gasteiger partial charge in [-0.3, -0.25) is 4.79 Å². The fraction of sp³-hybridized carbons (Fsp3) is 0.455. The molecule has 0 fully saturated rings. The van der Waals surface area contributed by atoms with E-state index in [0.29, 0.717) is 6.42 Å². The van der Waals surface area contributed by atoms with Gasteiger partial charge in [0.05, 0.1) is 23.8 Å². The molecule has 0 aliphatic carbocycles. The predicted molar refractivity (Wildman–Crippen MR) is 62.8 cm³/mol. The smallest absolute Gasteiger partial charge is 0.267 e. The summed E-state index contributed by atoms with van der Waals surface area (Å²) in [5.74, 6) is -0.699. The number of carbonyl (C=O) groups is 1. The Kier molecular flexibility index (Phi) is 5.43. The molecule has 4 nitrogen and oxygen atoms in total. The Labute approximate surface area is 108 Å². The van der Waals surface area contributed by atoms with Gasteiger partial charge in [0, 0.05) is 6.20 Å². The van der Waals surface area contributed by atoms with E-state index >= 15 is 0 Å².